The normalized spacial score (nSPS) is 22.0. The molecule has 1 aliphatic carbocycles. The second-order valence-electron chi connectivity index (χ2n) is 3.94. The zero-order chi connectivity index (χ0) is 8.97. The Hall–Kier alpha value is -0.0800. The molecule has 0 aliphatic heterocycles. The van der Waals surface area contributed by atoms with E-state index in [4.69, 9.17) is 0 Å². The van der Waals surface area contributed by atoms with Crippen molar-refractivity contribution in [3.8, 4) is 0 Å². The molecular weight excluding hydrogens is 150 g/mol. The van der Waals surface area contributed by atoms with E-state index in [1.165, 1.54) is 25.7 Å². The van der Waals surface area contributed by atoms with Crippen molar-refractivity contribution in [2.24, 2.45) is 0 Å². The molecule has 1 saturated carbocycles. The summed E-state index contributed by atoms with van der Waals surface area (Å²) in [6, 6.07) is 0.742. The van der Waals surface area contributed by atoms with Crippen LogP contribution < -0.4 is 0 Å². The zero-order valence-electron chi connectivity index (χ0n) is 8.29. The number of hydrogen-bond acceptors (Lipinski definition) is 2. The molecule has 2 heteroatoms. The number of aliphatic hydroxyl groups excluding tert-OH is 1. The molecule has 0 amide bonds. The molecule has 1 rings (SSSR count). The van der Waals surface area contributed by atoms with Crippen LogP contribution in [0.25, 0.3) is 0 Å². The molecule has 72 valence electrons. The first-order valence-corrected chi connectivity index (χ1v) is 5.12. The van der Waals surface area contributed by atoms with E-state index in [0.29, 0.717) is 0 Å². The van der Waals surface area contributed by atoms with E-state index >= 15 is 0 Å². The third kappa shape index (κ3) is 2.76. The van der Waals surface area contributed by atoms with Gasteiger partial charge < -0.3 is 10.0 Å². The van der Waals surface area contributed by atoms with Crippen LogP contribution in [0.15, 0.2) is 0 Å². The number of rotatable bonds is 4. The highest BCUT2D eigenvalue weighted by atomic mass is 16.3. The molecule has 1 N–H and O–H groups in total. The summed E-state index contributed by atoms with van der Waals surface area (Å²) in [6.45, 7) is 2.88. The summed E-state index contributed by atoms with van der Waals surface area (Å²) in [4.78, 5) is 2.32. The maximum atomic E-state index is 9.45. The first-order chi connectivity index (χ1) is 5.74. The Labute approximate surface area is 75.6 Å². The molecule has 12 heavy (non-hydrogen) atoms. The van der Waals surface area contributed by atoms with Crippen LogP contribution in [0.5, 0.6) is 0 Å². The van der Waals surface area contributed by atoms with E-state index in [1.54, 1.807) is 0 Å². The molecule has 0 aromatic rings. The van der Waals surface area contributed by atoms with Gasteiger partial charge in [-0.1, -0.05) is 19.8 Å². The molecule has 1 atom stereocenters. The largest absolute Gasteiger partial charge is 0.392 e. The van der Waals surface area contributed by atoms with Gasteiger partial charge in [-0.25, -0.2) is 0 Å². The third-order valence-electron chi connectivity index (χ3n) is 2.92. The lowest BCUT2D eigenvalue weighted by atomic mass is 10.2. The van der Waals surface area contributed by atoms with Crippen molar-refractivity contribution in [2.75, 3.05) is 13.6 Å². The summed E-state index contributed by atoms with van der Waals surface area (Å²) in [7, 11) is 2.13. The molecule has 0 aromatic heterocycles. The molecule has 0 spiro atoms. The molecule has 2 nitrogen and oxygen atoms in total. The molecule has 0 bridgehead atoms. The van der Waals surface area contributed by atoms with Crippen molar-refractivity contribution in [3.63, 3.8) is 0 Å². The second kappa shape index (κ2) is 4.83. The van der Waals surface area contributed by atoms with Gasteiger partial charge in [0.15, 0.2) is 0 Å². The topological polar surface area (TPSA) is 23.5 Å². The summed E-state index contributed by atoms with van der Waals surface area (Å²) in [5, 5.41) is 9.45. The SMILES string of the molecule is CCC(O)CN(C)C1CCCC1. The lowest BCUT2D eigenvalue weighted by Crippen LogP contribution is -2.35. The van der Waals surface area contributed by atoms with E-state index in [1.807, 2.05) is 6.92 Å². The molecule has 0 saturated heterocycles. The van der Waals surface area contributed by atoms with Gasteiger partial charge >= 0.3 is 0 Å². The van der Waals surface area contributed by atoms with Crippen LogP contribution in [0.4, 0.5) is 0 Å². The summed E-state index contributed by atoms with van der Waals surface area (Å²) in [5.74, 6) is 0. The van der Waals surface area contributed by atoms with Gasteiger partial charge in [0.1, 0.15) is 0 Å². The zero-order valence-corrected chi connectivity index (χ0v) is 8.29. The van der Waals surface area contributed by atoms with Gasteiger partial charge in [0, 0.05) is 12.6 Å². The Morgan fingerprint density at radius 2 is 2.00 bits per heavy atom. The smallest absolute Gasteiger partial charge is 0.0664 e. The summed E-state index contributed by atoms with van der Waals surface area (Å²) in [6.07, 6.45) is 6.14. The fourth-order valence-corrected chi connectivity index (χ4v) is 1.96. The van der Waals surface area contributed by atoms with Crippen molar-refractivity contribution in [3.05, 3.63) is 0 Å². The lowest BCUT2D eigenvalue weighted by Gasteiger charge is -2.25. The molecule has 1 fully saturated rings. The van der Waals surface area contributed by atoms with Crippen LogP contribution in [0.1, 0.15) is 39.0 Å². The predicted molar refractivity (Wildman–Crippen MR) is 51.2 cm³/mol. The Bertz CT molecular complexity index is 121. The molecule has 0 heterocycles. The van der Waals surface area contributed by atoms with E-state index in [0.717, 1.165) is 19.0 Å². The van der Waals surface area contributed by atoms with Gasteiger partial charge in [-0.3, -0.25) is 0 Å². The van der Waals surface area contributed by atoms with Gasteiger partial charge in [0.25, 0.3) is 0 Å². The second-order valence-corrected chi connectivity index (χ2v) is 3.94. The average molecular weight is 171 g/mol. The number of likely N-dealkylation sites (N-methyl/N-ethyl adjacent to an activating group) is 1. The summed E-state index contributed by atoms with van der Waals surface area (Å²) in [5.41, 5.74) is 0. The van der Waals surface area contributed by atoms with E-state index in [9.17, 15) is 5.11 Å². The summed E-state index contributed by atoms with van der Waals surface area (Å²) >= 11 is 0. The van der Waals surface area contributed by atoms with Crippen LogP contribution in [0, 0.1) is 0 Å². The van der Waals surface area contributed by atoms with Gasteiger partial charge in [-0.2, -0.15) is 0 Å². The first kappa shape index (κ1) is 10.0. The molecule has 1 aliphatic rings. The Morgan fingerprint density at radius 1 is 1.42 bits per heavy atom. The minimum absolute atomic E-state index is 0.129. The Kier molecular flexibility index (Phi) is 4.02. The van der Waals surface area contributed by atoms with E-state index in [-0.39, 0.29) is 6.10 Å². The fraction of sp³-hybridized carbons (Fsp3) is 1.00. The summed E-state index contributed by atoms with van der Waals surface area (Å²) < 4.78 is 0. The van der Waals surface area contributed by atoms with Gasteiger partial charge in [-0.15, -0.1) is 0 Å². The van der Waals surface area contributed by atoms with Crippen molar-refractivity contribution < 1.29 is 5.11 Å². The number of nitrogens with zero attached hydrogens (tertiary/aromatic N) is 1. The number of aliphatic hydroxyl groups is 1. The van der Waals surface area contributed by atoms with Gasteiger partial charge in [0.05, 0.1) is 6.10 Å². The van der Waals surface area contributed by atoms with E-state index < -0.39 is 0 Å². The fourth-order valence-electron chi connectivity index (χ4n) is 1.96. The number of hydrogen-bond donors (Lipinski definition) is 1. The maximum absolute atomic E-state index is 9.45. The van der Waals surface area contributed by atoms with Crippen LogP contribution in [0.3, 0.4) is 0 Å². The predicted octanol–water partition coefficient (Wildman–Crippen LogP) is 1.63. The Morgan fingerprint density at radius 3 is 2.50 bits per heavy atom. The molecule has 0 aromatic carbocycles. The molecular formula is C10H21NO. The minimum atomic E-state index is -0.129. The standard InChI is InChI=1S/C10H21NO/c1-3-10(12)8-11(2)9-6-4-5-7-9/h9-10,12H,3-8H2,1-2H3. The lowest BCUT2D eigenvalue weighted by molar-refractivity contribution is 0.102. The van der Waals surface area contributed by atoms with Crippen LogP contribution in [-0.2, 0) is 0 Å². The van der Waals surface area contributed by atoms with Crippen molar-refractivity contribution >= 4 is 0 Å². The van der Waals surface area contributed by atoms with E-state index in [2.05, 4.69) is 11.9 Å². The Balaban J connectivity index is 2.21. The van der Waals surface area contributed by atoms with Crippen molar-refractivity contribution in [1.29, 1.82) is 0 Å². The first-order valence-electron chi connectivity index (χ1n) is 5.12. The van der Waals surface area contributed by atoms with Crippen LogP contribution in [-0.4, -0.2) is 35.7 Å². The maximum Gasteiger partial charge on any atom is 0.0664 e. The monoisotopic (exact) mass is 171 g/mol. The quantitative estimate of drug-likeness (QED) is 0.695. The third-order valence-corrected chi connectivity index (χ3v) is 2.92. The van der Waals surface area contributed by atoms with Gasteiger partial charge in [0.2, 0.25) is 0 Å². The minimum Gasteiger partial charge on any atom is -0.392 e. The average Bonchev–Trinajstić information content (AvgIpc) is 2.56. The van der Waals surface area contributed by atoms with Crippen LogP contribution in [0.2, 0.25) is 0 Å². The highest BCUT2D eigenvalue weighted by molar-refractivity contribution is 4.76. The molecule has 0 radical (unpaired) electrons. The van der Waals surface area contributed by atoms with Gasteiger partial charge in [-0.05, 0) is 26.3 Å². The van der Waals surface area contributed by atoms with Crippen LogP contribution >= 0.6 is 0 Å². The van der Waals surface area contributed by atoms with Crippen molar-refractivity contribution in [2.45, 2.75) is 51.2 Å². The van der Waals surface area contributed by atoms with Crippen molar-refractivity contribution in [1.82, 2.24) is 4.90 Å². The molecule has 1 unspecified atom stereocenters. The highest BCUT2D eigenvalue weighted by Crippen LogP contribution is 2.22. The highest BCUT2D eigenvalue weighted by Gasteiger charge is 2.20.